The van der Waals surface area contributed by atoms with Crippen LogP contribution >= 0.6 is 11.3 Å². The minimum Gasteiger partial charge on any atom is -0.271 e. The van der Waals surface area contributed by atoms with Crippen LogP contribution in [0.15, 0.2) is 29.6 Å². The van der Waals surface area contributed by atoms with Crippen LogP contribution in [-0.2, 0) is 0 Å². The molecule has 1 fully saturated rings. The Morgan fingerprint density at radius 1 is 1.33 bits per heavy atom. The lowest BCUT2D eigenvalue weighted by Gasteiger charge is -2.27. The third-order valence-electron chi connectivity index (χ3n) is 4.38. The summed E-state index contributed by atoms with van der Waals surface area (Å²) in [6, 6.07) is 9.05. The fraction of sp³-hybridized carbons (Fsp3) is 0.467. The van der Waals surface area contributed by atoms with Crippen LogP contribution in [-0.4, -0.2) is 0 Å². The Kier molecular flexibility index (Phi) is 3.37. The number of rotatable bonds is 3. The molecule has 0 radical (unpaired) electrons. The Morgan fingerprint density at radius 2 is 2.22 bits per heavy atom. The first-order valence-electron chi connectivity index (χ1n) is 6.73. The number of hydrazine groups is 1. The van der Waals surface area contributed by atoms with Gasteiger partial charge in [0, 0.05) is 4.70 Å². The van der Waals surface area contributed by atoms with E-state index in [1.54, 1.807) is 0 Å². The van der Waals surface area contributed by atoms with Crippen molar-refractivity contribution >= 4 is 21.4 Å². The molecule has 0 bridgehead atoms. The molecular weight excluding hydrogens is 240 g/mol. The summed E-state index contributed by atoms with van der Waals surface area (Å²) >= 11 is 1.82. The zero-order chi connectivity index (χ0) is 12.5. The topological polar surface area (TPSA) is 38.0 Å². The molecular formula is C15H20N2S. The van der Waals surface area contributed by atoms with E-state index in [2.05, 4.69) is 42.0 Å². The molecule has 1 aromatic carbocycles. The molecule has 3 atom stereocenters. The van der Waals surface area contributed by atoms with E-state index < -0.39 is 0 Å². The van der Waals surface area contributed by atoms with Crippen LogP contribution in [0.1, 0.15) is 37.8 Å². The first kappa shape index (κ1) is 12.2. The van der Waals surface area contributed by atoms with Gasteiger partial charge in [0.05, 0.1) is 6.04 Å². The number of nitrogens with one attached hydrogen (secondary N) is 1. The predicted molar refractivity (Wildman–Crippen MR) is 78.4 cm³/mol. The van der Waals surface area contributed by atoms with Gasteiger partial charge in [-0.2, -0.15) is 0 Å². The monoisotopic (exact) mass is 260 g/mol. The molecule has 2 aromatic rings. The molecule has 1 heterocycles. The van der Waals surface area contributed by atoms with Crippen molar-refractivity contribution in [2.45, 2.75) is 32.2 Å². The van der Waals surface area contributed by atoms with Gasteiger partial charge in [-0.15, -0.1) is 11.3 Å². The van der Waals surface area contributed by atoms with Crippen LogP contribution in [0, 0.1) is 11.8 Å². The second-order valence-electron chi connectivity index (χ2n) is 5.40. The Bertz CT molecular complexity index is 534. The number of benzene rings is 1. The highest BCUT2D eigenvalue weighted by Gasteiger charge is 2.32. The van der Waals surface area contributed by atoms with Gasteiger partial charge in [0.1, 0.15) is 0 Å². The smallest absolute Gasteiger partial charge is 0.0504 e. The minimum absolute atomic E-state index is 0.296. The molecule has 3 heteroatoms. The van der Waals surface area contributed by atoms with Gasteiger partial charge < -0.3 is 0 Å². The molecule has 1 aliphatic carbocycles. The Hall–Kier alpha value is -0.900. The summed E-state index contributed by atoms with van der Waals surface area (Å²) in [6.45, 7) is 2.36. The van der Waals surface area contributed by atoms with E-state index in [1.165, 1.54) is 34.9 Å². The first-order valence-corrected chi connectivity index (χ1v) is 7.61. The second kappa shape index (κ2) is 5.00. The number of hydrogen-bond donors (Lipinski definition) is 2. The molecule has 0 spiro atoms. The van der Waals surface area contributed by atoms with Crippen molar-refractivity contribution in [3.8, 4) is 0 Å². The van der Waals surface area contributed by atoms with E-state index in [0.29, 0.717) is 12.0 Å². The highest BCUT2D eigenvalue weighted by atomic mass is 32.1. The predicted octanol–water partition coefficient (Wildman–Crippen LogP) is 3.84. The molecule has 3 rings (SSSR count). The average molecular weight is 260 g/mol. The molecule has 3 N–H and O–H groups in total. The van der Waals surface area contributed by atoms with Crippen LogP contribution < -0.4 is 11.3 Å². The third-order valence-corrected chi connectivity index (χ3v) is 5.36. The molecule has 18 heavy (non-hydrogen) atoms. The molecule has 96 valence electrons. The molecule has 1 aromatic heterocycles. The SMILES string of the molecule is CC1CCCC1C(NN)c1cccc2ccsc12. The molecule has 0 aliphatic heterocycles. The van der Waals surface area contributed by atoms with E-state index in [4.69, 9.17) is 5.84 Å². The molecule has 1 aliphatic rings. The van der Waals surface area contributed by atoms with Crippen molar-refractivity contribution in [2.24, 2.45) is 17.7 Å². The maximum absolute atomic E-state index is 5.86. The summed E-state index contributed by atoms with van der Waals surface area (Å²) in [6.07, 6.45) is 3.96. The number of thiophene rings is 1. The average Bonchev–Trinajstić information content (AvgIpc) is 3.00. The standard InChI is InChI=1S/C15H20N2S/c1-10-4-2-6-12(10)14(17-16)13-7-3-5-11-8-9-18-15(11)13/h3,5,7-10,12,14,17H,2,4,6,16H2,1H3. The Labute approximate surface area is 112 Å². The molecule has 3 unspecified atom stereocenters. The van der Waals surface area contributed by atoms with Crippen molar-refractivity contribution in [2.75, 3.05) is 0 Å². The van der Waals surface area contributed by atoms with E-state index in [9.17, 15) is 0 Å². The van der Waals surface area contributed by atoms with Crippen molar-refractivity contribution in [3.63, 3.8) is 0 Å². The van der Waals surface area contributed by atoms with Gasteiger partial charge in [-0.05, 0) is 40.7 Å². The van der Waals surface area contributed by atoms with Gasteiger partial charge in [0.2, 0.25) is 0 Å². The number of nitrogens with two attached hydrogens (primary N) is 1. The van der Waals surface area contributed by atoms with Crippen molar-refractivity contribution in [3.05, 3.63) is 35.2 Å². The van der Waals surface area contributed by atoms with Gasteiger partial charge in [0.25, 0.3) is 0 Å². The van der Waals surface area contributed by atoms with Crippen LogP contribution in [0.5, 0.6) is 0 Å². The molecule has 2 nitrogen and oxygen atoms in total. The van der Waals surface area contributed by atoms with Crippen molar-refractivity contribution < 1.29 is 0 Å². The third kappa shape index (κ3) is 1.96. The largest absolute Gasteiger partial charge is 0.271 e. The summed E-state index contributed by atoms with van der Waals surface area (Å²) in [5.41, 5.74) is 4.46. The lowest BCUT2D eigenvalue weighted by Crippen LogP contribution is -2.34. The second-order valence-corrected chi connectivity index (χ2v) is 6.32. The first-order chi connectivity index (χ1) is 8.81. The maximum atomic E-state index is 5.86. The quantitative estimate of drug-likeness (QED) is 0.650. The van der Waals surface area contributed by atoms with Crippen LogP contribution in [0.25, 0.3) is 10.1 Å². The summed E-state index contributed by atoms with van der Waals surface area (Å²) in [5, 5.41) is 3.50. The molecule has 0 saturated heterocycles. The molecule has 1 saturated carbocycles. The highest BCUT2D eigenvalue weighted by molar-refractivity contribution is 7.17. The summed E-state index contributed by atoms with van der Waals surface area (Å²) in [5.74, 6) is 7.30. The van der Waals surface area contributed by atoms with Gasteiger partial charge in [-0.1, -0.05) is 38.0 Å². The van der Waals surface area contributed by atoms with Crippen LogP contribution in [0.3, 0.4) is 0 Å². The van der Waals surface area contributed by atoms with Gasteiger partial charge >= 0.3 is 0 Å². The normalized spacial score (nSPS) is 25.7. The summed E-state index contributed by atoms with van der Waals surface area (Å²) in [4.78, 5) is 0. The zero-order valence-corrected chi connectivity index (χ0v) is 11.5. The van der Waals surface area contributed by atoms with E-state index in [1.807, 2.05) is 11.3 Å². The van der Waals surface area contributed by atoms with Crippen molar-refractivity contribution in [1.82, 2.24) is 5.43 Å². The minimum atomic E-state index is 0.296. The van der Waals surface area contributed by atoms with Gasteiger partial charge in [0.15, 0.2) is 0 Å². The zero-order valence-electron chi connectivity index (χ0n) is 10.7. The van der Waals surface area contributed by atoms with E-state index in [-0.39, 0.29) is 0 Å². The van der Waals surface area contributed by atoms with E-state index >= 15 is 0 Å². The van der Waals surface area contributed by atoms with Crippen molar-refractivity contribution in [1.29, 1.82) is 0 Å². The Balaban J connectivity index is 2.03. The van der Waals surface area contributed by atoms with Crippen LogP contribution in [0.4, 0.5) is 0 Å². The fourth-order valence-electron chi connectivity index (χ4n) is 3.37. The summed E-state index contributed by atoms with van der Waals surface area (Å²) < 4.78 is 1.39. The molecule has 0 amide bonds. The maximum Gasteiger partial charge on any atom is 0.0504 e. The lowest BCUT2D eigenvalue weighted by molar-refractivity contribution is 0.306. The summed E-state index contributed by atoms with van der Waals surface area (Å²) in [7, 11) is 0. The lowest BCUT2D eigenvalue weighted by atomic mass is 9.86. The Morgan fingerprint density at radius 3 is 2.94 bits per heavy atom. The van der Waals surface area contributed by atoms with Gasteiger partial charge in [-0.3, -0.25) is 11.3 Å². The number of fused-ring (bicyclic) bond motifs is 1. The highest BCUT2D eigenvalue weighted by Crippen LogP contribution is 2.42. The van der Waals surface area contributed by atoms with Crippen LogP contribution in [0.2, 0.25) is 0 Å². The van der Waals surface area contributed by atoms with Gasteiger partial charge in [-0.25, -0.2) is 0 Å². The van der Waals surface area contributed by atoms with E-state index in [0.717, 1.165) is 5.92 Å². The number of hydrogen-bond acceptors (Lipinski definition) is 3. The fourth-order valence-corrected chi connectivity index (χ4v) is 4.33.